The number of terminal acetylenes is 1. The number of carbonyl (C=O) groups excluding carboxylic acids is 1. The largest absolute Gasteiger partial charge is 0.321 e. The van der Waals surface area contributed by atoms with Gasteiger partial charge in [-0.25, -0.2) is 4.90 Å². The second kappa shape index (κ2) is 7.19. The summed E-state index contributed by atoms with van der Waals surface area (Å²) in [7, 11) is 1.61. The second-order valence-electron chi connectivity index (χ2n) is 5.60. The molecule has 0 aliphatic carbocycles. The highest BCUT2D eigenvalue weighted by molar-refractivity contribution is 6.08. The Kier molecular flexibility index (Phi) is 4.81. The summed E-state index contributed by atoms with van der Waals surface area (Å²) in [5, 5.41) is 3.88. The monoisotopic (exact) mass is 351 g/mol. The Labute approximate surface area is 149 Å². The number of benzene rings is 2. The molecule has 0 bridgehead atoms. The van der Waals surface area contributed by atoms with E-state index in [2.05, 4.69) is 11.0 Å². The second-order valence-corrected chi connectivity index (χ2v) is 5.60. The van der Waals surface area contributed by atoms with Gasteiger partial charge in [-0.1, -0.05) is 42.3 Å². The van der Waals surface area contributed by atoms with Gasteiger partial charge < -0.3 is 0 Å². The number of nitrogens with zero attached hydrogens (tertiary/aromatic N) is 3. The minimum absolute atomic E-state index is 0.0514. The average Bonchev–Trinajstić information content (AvgIpc) is 3.08. The fourth-order valence-corrected chi connectivity index (χ4v) is 2.66. The SMILES string of the molecule is C#Cc1ccc(-c2ccccc2)c(N(C(=O)c2cnn(C)c2)C(F)F)c1. The van der Waals surface area contributed by atoms with Crippen molar-refractivity contribution in [1.82, 2.24) is 9.78 Å². The molecule has 26 heavy (non-hydrogen) atoms. The molecule has 0 saturated heterocycles. The van der Waals surface area contributed by atoms with Crippen molar-refractivity contribution < 1.29 is 13.6 Å². The lowest BCUT2D eigenvalue weighted by molar-refractivity contribution is 0.0839. The van der Waals surface area contributed by atoms with Gasteiger partial charge >= 0.3 is 6.55 Å². The zero-order chi connectivity index (χ0) is 18.7. The van der Waals surface area contributed by atoms with Crippen LogP contribution in [0, 0.1) is 12.3 Å². The van der Waals surface area contributed by atoms with Crippen molar-refractivity contribution in [2.45, 2.75) is 6.55 Å². The maximum Gasteiger partial charge on any atom is 0.321 e. The van der Waals surface area contributed by atoms with E-state index in [1.165, 1.54) is 23.1 Å². The zero-order valence-corrected chi connectivity index (χ0v) is 13.9. The Morgan fingerprint density at radius 3 is 2.54 bits per heavy atom. The molecule has 3 rings (SSSR count). The Hall–Kier alpha value is -3.46. The maximum absolute atomic E-state index is 13.9. The lowest BCUT2D eigenvalue weighted by Crippen LogP contribution is -2.36. The highest BCUT2D eigenvalue weighted by atomic mass is 19.3. The van der Waals surface area contributed by atoms with Crippen LogP contribution < -0.4 is 4.90 Å². The molecule has 0 saturated carbocycles. The molecular formula is C20H15F2N3O. The first-order chi connectivity index (χ1) is 12.5. The molecule has 0 N–H and O–H groups in total. The lowest BCUT2D eigenvalue weighted by atomic mass is 10.0. The Balaban J connectivity index is 2.17. The third kappa shape index (κ3) is 3.33. The third-order valence-electron chi connectivity index (χ3n) is 3.87. The zero-order valence-electron chi connectivity index (χ0n) is 13.9. The van der Waals surface area contributed by atoms with Crippen LogP contribution in [0.4, 0.5) is 14.5 Å². The molecule has 2 aromatic carbocycles. The number of carbonyl (C=O) groups is 1. The number of amides is 1. The summed E-state index contributed by atoms with van der Waals surface area (Å²) in [6.07, 6.45) is 8.07. The smallest absolute Gasteiger partial charge is 0.275 e. The van der Waals surface area contributed by atoms with Gasteiger partial charge in [-0.2, -0.15) is 13.9 Å². The summed E-state index contributed by atoms with van der Waals surface area (Å²) in [6, 6.07) is 13.7. The van der Waals surface area contributed by atoms with E-state index in [1.54, 1.807) is 43.4 Å². The number of aryl methyl sites for hydroxylation is 1. The number of alkyl halides is 2. The fraction of sp³-hybridized carbons (Fsp3) is 0.100. The van der Waals surface area contributed by atoms with Crippen LogP contribution in [0.15, 0.2) is 60.9 Å². The van der Waals surface area contributed by atoms with Gasteiger partial charge in [0.15, 0.2) is 0 Å². The Morgan fingerprint density at radius 2 is 1.96 bits per heavy atom. The molecule has 0 unspecified atom stereocenters. The predicted octanol–water partition coefficient (Wildman–Crippen LogP) is 3.94. The molecule has 3 aromatic rings. The van der Waals surface area contributed by atoms with Crippen LogP contribution in [0.2, 0.25) is 0 Å². The summed E-state index contributed by atoms with van der Waals surface area (Å²) in [5.41, 5.74) is 1.72. The molecule has 130 valence electrons. The Morgan fingerprint density at radius 1 is 1.23 bits per heavy atom. The molecule has 4 nitrogen and oxygen atoms in total. The summed E-state index contributed by atoms with van der Waals surface area (Å²) in [4.78, 5) is 13.2. The van der Waals surface area contributed by atoms with E-state index in [-0.39, 0.29) is 11.3 Å². The van der Waals surface area contributed by atoms with Crippen molar-refractivity contribution in [2.75, 3.05) is 4.90 Å². The minimum atomic E-state index is -3.04. The minimum Gasteiger partial charge on any atom is -0.275 e. The van der Waals surface area contributed by atoms with E-state index in [0.29, 0.717) is 21.6 Å². The molecule has 0 spiro atoms. The normalized spacial score (nSPS) is 10.6. The van der Waals surface area contributed by atoms with Gasteiger partial charge in [0.25, 0.3) is 5.91 Å². The maximum atomic E-state index is 13.9. The van der Waals surface area contributed by atoms with Crippen molar-refractivity contribution in [3.63, 3.8) is 0 Å². The van der Waals surface area contributed by atoms with E-state index in [1.807, 2.05) is 6.07 Å². The number of hydrogen-bond donors (Lipinski definition) is 0. The van der Waals surface area contributed by atoms with Crippen LogP contribution in [0.5, 0.6) is 0 Å². The molecule has 0 aliphatic rings. The summed E-state index contributed by atoms with van der Waals surface area (Å²) in [5.74, 6) is 1.58. The lowest BCUT2D eigenvalue weighted by Gasteiger charge is -2.24. The van der Waals surface area contributed by atoms with Crippen LogP contribution in [0.25, 0.3) is 11.1 Å². The molecule has 1 aromatic heterocycles. The van der Waals surface area contributed by atoms with Gasteiger partial charge in [0.1, 0.15) is 0 Å². The van der Waals surface area contributed by atoms with Crippen LogP contribution in [-0.4, -0.2) is 22.2 Å². The summed E-state index contributed by atoms with van der Waals surface area (Å²) in [6.45, 7) is -3.04. The molecule has 6 heteroatoms. The first-order valence-electron chi connectivity index (χ1n) is 7.77. The van der Waals surface area contributed by atoms with E-state index in [0.717, 1.165) is 0 Å². The summed E-state index contributed by atoms with van der Waals surface area (Å²) >= 11 is 0. The van der Waals surface area contributed by atoms with Crippen molar-refractivity contribution in [2.24, 2.45) is 7.05 Å². The first-order valence-corrected chi connectivity index (χ1v) is 7.77. The number of rotatable bonds is 4. The fourth-order valence-electron chi connectivity index (χ4n) is 2.66. The standard InChI is InChI=1S/C20H15F2N3O/c1-3-14-9-10-17(15-7-5-4-6-8-15)18(11-14)25(20(21)22)19(26)16-12-23-24(2)13-16/h1,4-13,20H,2H3. The van der Waals surface area contributed by atoms with Crippen LogP contribution >= 0.6 is 0 Å². The van der Waals surface area contributed by atoms with Crippen molar-refractivity contribution in [3.05, 3.63) is 72.1 Å². The van der Waals surface area contributed by atoms with Gasteiger partial charge in [-0.05, 0) is 17.7 Å². The quantitative estimate of drug-likeness (QED) is 0.527. The van der Waals surface area contributed by atoms with Crippen molar-refractivity contribution >= 4 is 11.6 Å². The molecule has 1 heterocycles. The van der Waals surface area contributed by atoms with Crippen LogP contribution in [-0.2, 0) is 7.05 Å². The van der Waals surface area contributed by atoms with Gasteiger partial charge in [0.05, 0.1) is 17.4 Å². The number of anilines is 1. The average molecular weight is 351 g/mol. The van der Waals surface area contributed by atoms with E-state index in [4.69, 9.17) is 6.42 Å². The van der Waals surface area contributed by atoms with Crippen molar-refractivity contribution in [3.8, 4) is 23.5 Å². The highest BCUT2D eigenvalue weighted by Gasteiger charge is 2.29. The van der Waals surface area contributed by atoms with Gasteiger partial charge in [-0.3, -0.25) is 9.48 Å². The van der Waals surface area contributed by atoms with Crippen LogP contribution in [0.3, 0.4) is 0 Å². The molecule has 0 atom stereocenters. The molecular weight excluding hydrogens is 336 g/mol. The van der Waals surface area contributed by atoms with Gasteiger partial charge in [0, 0.05) is 24.4 Å². The topological polar surface area (TPSA) is 38.1 Å². The molecule has 1 amide bonds. The molecule has 0 fully saturated rings. The predicted molar refractivity (Wildman–Crippen MR) is 95.8 cm³/mol. The van der Waals surface area contributed by atoms with Gasteiger partial charge in [-0.15, -0.1) is 6.42 Å². The highest BCUT2D eigenvalue weighted by Crippen LogP contribution is 2.34. The number of hydrogen-bond acceptors (Lipinski definition) is 2. The summed E-state index contributed by atoms with van der Waals surface area (Å²) < 4.78 is 29.2. The number of halogens is 2. The van der Waals surface area contributed by atoms with E-state index >= 15 is 0 Å². The number of aromatic nitrogens is 2. The van der Waals surface area contributed by atoms with E-state index < -0.39 is 12.5 Å². The Bertz CT molecular complexity index is 974. The molecule has 0 aliphatic heterocycles. The molecule has 0 radical (unpaired) electrons. The van der Waals surface area contributed by atoms with Crippen LogP contribution in [0.1, 0.15) is 15.9 Å². The third-order valence-corrected chi connectivity index (χ3v) is 3.87. The van der Waals surface area contributed by atoms with Crippen molar-refractivity contribution in [1.29, 1.82) is 0 Å². The van der Waals surface area contributed by atoms with E-state index in [9.17, 15) is 13.6 Å². The first kappa shape index (κ1) is 17.4. The van der Waals surface area contributed by atoms with Gasteiger partial charge in [0.2, 0.25) is 0 Å².